The predicted octanol–water partition coefficient (Wildman–Crippen LogP) is 5.17. The average Bonchev–Trinajstić information content (AvgIpc) is 2.99. The van der Waals surface area contributed by atoms with Crippen molar-refractivity contribution in [1.82, 2.24) is 15.0 Å². The van der Waals surface area contributed by atoms with Crippen LogP contribution in [0.25, 0.3) is 22.3 Å². The summed E-state index contributed by atoms with van der Waals surface area (Å²) in [5.41, 5.74) is 5.21. The van der Waals surface area contributed by atoms with Crippen LogP contribution in [0.1, 0.15) is 8.42 Å². The first-order valence-electron chi connectivity index (χ1n) is 7.52. The summed E-state index contributed by atoms with van der Waals surface area (Å²) in [6, 6.07) is 18.2. The molecule has 0 aliphatic carbocycles. The van der Waals surface area contributed by atoms with Gasteiger partial charge in [0.2, 0.25) is 0 Å². The van der Waals surface area contributed by atoms with Crippen molar-refractivity contribution in [2.24, 2.45) is 0 Å². The fraction of sp³-hybridized carbons (Fsp3) is 0.0526. The van der Waals surface area contributed by atoms with Gasteiger partial charge in [-0.3, -0.25) is 4.98 Å². The Balaban J connectivity index is 0.00000113. The van der Waals surface area contributed by atoms with Crippen LogP contribution in [0.2, 0.25) is 0 Å². The molecule has 3 aromatic heterocycles. The van der Waals surface area contributed by atoms with E-state index in [0.717, 1.165) is 33.8 Å². The number of H-pyrrole nitrogens is 1. The molecule has 3 heterocycles. The maximum Gasteiger partial charge on any atom is 0.132 e. The number of fused-ring (bicyclic) bond motifs is 1. The molecule has 4 aromatic rings. The van der Waals surface area contributed by atoms with Gasteiger partial charge < -0.3 is 10.3 Å². The molecule has 0 saturated heterocycles. The number of nitrogens with zero attached hydrogens (tertiary/aromatic N) is 2. The Morgan fingerprint density at radius 1 is 1.00 bits per heavy atom. The first-order valence-corrected chi connectivity index (χ1v) is 7.52. The fourth-order valence-corrected chi connectivity index (χ4v) is 2.63. The van der Waals surface area contributed by atoms with Crippen molar-refractivity contribution < 1.29 is 2.85 Å². The molecule has 0 aliphatic rings. The standard InChI is InChI=1S/C19H16N4.2H2/c1-13-5-4-6-15(9-13)22-19-11-17-14(12-21-19)10-18(23-17)16-7-2-3-8-20-16;;/h2-12,23H,1H3,(H,21,22);2*1H. The average molecular weight is 304 g/mol. The van der Waals surface area contributed by atoms with Crippen molar-refractivity contribution in [3.63, 3.8) is 0 Å². The molecular formula is C19H20N4. The summed E-state index contributed by atoms with van der Waals surface area (Å²) in [6.45, 7) is 2.08. The van der Waals surface area contributed by atoms with Crippen LogP contribution in [0.5, 0.6) is 0 Å². The van der Waals surface area contributed by atoms with Crippen LogP contribution < -0.4 is 5.32 Å². The van der Waals surface area contributed by atoms with Gasteiger partial charge in [-0.25, -0.2) is 4.98 Å². The van der Waals surface area contributed by atoms with Crippen LogP contribution in [0.15, 0.2) is 67.0 Å². The van der Waals surface area contributed by atoms with Crippen LogP contribution in [-0.2, 0) is 0 Å². The topological polar surface area (TPSA) is 53.6 Å². The Kier molecular flexibility index (Phi) is 3.27. The van der Waals surface area contributed by atoms with Crippen molar-refractivity contribution in [3.05, 3.63) is 72.6 Å². The van der Waals surface area contributed by atoms with Gasteiger partial charge in [0.05, 0.1) is 16.9 Å². The molecule has 1 aromatic carbocycles. The largest absolute Gasteiger partial charge is 0.353 e. The summed E-state index contributed by atoms with van der Waals surface area (Å²) < 4.78 is 0. The van der Waals surface area contributed by atoms with E-state index < -0.39 is 0 Å². The lowest BCUT2D eigenvalue weighted by Gasteiger charge is -2.06. The summed E-state index contributed by atoms with van der Waals surface area (Å²) >= 11 is 0. The Labute approximate surface area is 137 Å². The quantitative estimate of drug-likeness (QED) is 0.549. The molecule has 0 bridgehead atoms. The van der Waals surface area contributed by atoms with E-state index in [1.54, 1.807) is 6.20 Å². The molecule has 4 rings (SSSR count). The van der Waals surface area contributed by atoms with Crippen LogP contribution in [-0.4, -0.2) is 15.0 Å². The van der Waals surface area contributed by atoms with Crippen LogP contribution >= 0.6 is 0 Å². The highest BCUT2D eigenvalue weighted by atomic mass is 15.0. The van der Waals surface area contributed by atoms with Crippen LogP contribution in [0, 0.1) is 6.92 Å². The SMILES string of the molecule is Cc1cccc(Nc2cc3[nH]c(-c4ccccn4)cc3cn2)c1.[HH].[HH]. The molecule has 0 atom stereocenters. The molecule has 116 valence electrons. The number of benzene rings is 1. The lowest BCUT2D eigenvalue weighted by molar-refractivity contribution is 1.29. The Morgan fingerprint density at radius 2 is 1.96 bits per heavy atom. The maximum atomic E-state index is 4.49. The van der Waals surface area contributed by atoms with Crippen molar-refractivity contribution in [3.8, 4) is 11.4 Å². The minimum absolute atomic E-state index is 0. The van der Waals surface area contributed by atoms with Crippen molar-refractivity contribution in [2.45, 2.75) is 6.92 Å². The third-order valence-corrected chi connectivity index (χ3v) is 3.74. The Morgan fingerprint density at radius 3 is 2.78 bits per heavy atom. The number of anilines is 2. The van der Waals surface area contributed by atoms with Crippen molar-refractivity contribution in [2.75, 3.05) is 5.32 Å². The molecule has 0 aliphatic heterocycles. The minimum atomic E-state index is 0. The molecular weight excluding hydrogens is 284 g/mol. The molecule has 4 heteroatoms. The predicted molar refractivity (Wildman–Crippen MR) is 98.0 cm³/mol. The zero-order chi connectivity index (χ0) is 15.6. The van der Waals surface area contributed by atoms with Gasteiger partial charge in [0.25, 0.3) is 0 Å². The van der Waals surface area contributed by atoms with E-state index in [0.29, 0.717) is 0 Å². The summed E-state index contributed by atoms with van der Waals surface area (Å²) in [7, 11) is 0. The van der Waals surface area contributed by atoms with E-state index in [9.17, 15) is 0 Å². The summed E-state index contributed by atoms with van der Waals surface area (Å²) in [4.78, 5) is 12.3. The molecule has 23 heavy (non-hydrogen) atoms. The van der Waals surface area contributed by atoms with E-state index in [1.165, 1.54) is 5.56 Å². The molecule has 0 unspecified atom stereocenters. The number of rotatable bonds is 3. The lowest BCUT2D eigenvalue weighted by atomic mass is 10.2. The van der Waals surface area contributed by atoms with Gasteiger partial charge in [-0.15, -0.1) is 0 Å². The van der Waals surface area contributed by atoms with Crippen molar-refractivity contribution >= 4 is 22.4 Å². The third-order valence-electron chi connectivity index (χ3n) is 3.74. The first kappa shape index (κ1) is 13.5. The van der Waals surface area contributed by atoms with Gasteiger partial charge in [-0.1, -0.05) is 18.2 Å². The molecule has 0 spiro atoms. The highest BCUT2D eigenvalue weighted by molar-refractivity contribution is 5.86. The first-order chi connectivity index (χ1) is 11.3. The summed E-state index contributed by atoms with van der Waals surface area (Å²) in [5, 5.41) is 4.41. The molecule has 0 radical (unpaired) electrons. The lowest BCUT2D eigenvalue weighted by Crippen LogP contribution is -1.93. The molecule has 0 saturated carbocycles. The zero-order valence-electron chi connectivity index (χ0n) is 12.7. The number of aromatic nitrogens is 3. The van der Waals surface area contributed by atoms with E-state index in [4.69, 9.17) is 0 Å². The normalized spacial score (nSPS) is 10.8. The monoisotopic (exact) mass is 304 g/mol. The smallest absolute Gasteiger partial charge is 0.132 e. The van der Waals surface area contributed by atoms with Gasteiger partial charge in [0.1, 0.15) is 5.82 Å². The maximum absolute atomic E-state index is 4.49. The van der Waals surface area contributed by atoms with E-state index in [1.807, 2.05) is 42.6 Å². The number of aromatic amines is 1. The van der Waals surface area contributed by atoms with E-state index in [-0.39, 0.29) is 2.85 Å². The second kappa shape index (κ2) is 5.57. The minimum Gasteiger partial charge on any atom is -0.353 e. The molecule has 2 N–H and O–H groups in total. The second-order valence-electron chi connectivity index (χ2n) is 5.55. The number of hydrogen-bond donors (Lipinski definition) is 2. The molecule has 4 nitrogen and oxygen atoms in total. The van der Waals surface area contributed by atoms with Crippen LogP contribution in [0.3, 0.4) is 0 Å². The second-order valence-corrected chi connectivity index (χ2v) is 5.55. The fourth-order valence-electron chi connectivity index (χ4n) is 2.63. The van der Waals surface area contributed by atoms with Gasteiger partial charge >= 0.3 is 0 Å². The number of pyridine rings is 2. The molecule has 0 amide bonds. The van der Waals surface area contributed by atoms with E-state index >= 15 is 0 Å². The van der Waals surface area contributed by atoms with E-state index in [2.05, 4.69) is 45.4 Å². The Bertz CT molecular complexity index is 968. The van der Waals surface area contributed by atoms with Gasteiger partial charge in [-0.05, 0) is 42.8 Å². The van der Waals surface area contributed by atoms with Gasteiger partial charge in [-0.2, -0.15) is 0 Å². The van der Waals surface area contributed by atoms with Crippen molar-refractivity contribution in [1.29, 1.82) is 0 Å². The summed E-state index contributed by atoms with van der Waals surface area (Å²) in [5.74, 6) is 0.817. The number of nitrogens with one attached hydrogen (secondary N) is 2. The van der Waals surface area contributed by atoms with Gasteiger partial charge in [0, 0.05) is 32.4 Å². The van der Waals surface area contributed by atoms with Crippen LogP contribution in [0.4, 0.5) is 11.5 Å². The number of hydrogen-bond acceptors (Lipinski definition) is 3. The third kappa shape index (κ3) is 2.79. The number of aryl methyl sites for hydroxylation is 1. The summed E-state index contributed by atoms with van der Waals surface area (Å²) in [6.07, 6.45) is 3.67. The highest BCUT2D eigenvalue weighted by Crippen LogP contribution is 2.25. The highest BCUT2D eigenvalue weighted by Gasteiger charge is 2.06. The Hall–Kier alpha value is -3.14. The van der Waals surface area contributed by atoms with Gasteiger partial charge in [0.15, 0.2) is 0 Å². The zero-order valence-corrected chi connectivity index (χ0v) is 12.7. The molecule has 0 fully saturated rings.